The van der Waals surface area contributed by atoms with Crippen LogP contribution in [-0.4, -0.2) is 11.7 Å². The SMILES string of the molecule is CCC(C)(CC)c1cc(N(c2ccccc2)c2ccccc2)cc2c1-c1ncccc1B2c1c(C(C)C)cccc1C(C)C. The highest BCUT2D eigenvalue weighted by molar-refractivity contribution is 6.99. The summed E-state index contributed by atoms with van der Waals surface area (Å²) in [7, 11) is 0. The third kappa shape index (κ3) is 5.07. The van der Waals surface area contributed by atoms with Gasteiger partial charge < -0.3 is 4.90 Å². The molecule has 0 unspecified atom stereocenters. The maximum Gasteiger partial charge on any atom is 0.245 e. The molecule has 4 aromatic carbocycles. The van der Waals surface area contributed by atoms with Crippen molar-refractivity contribution in [2.75, 3.05) is 4.90 Å². The van der Waals surface area contributed by atoms with Crippen molar-refractivity contribution >= 4 is 40.2 Å². The van der Waals surface area contributed by atoms with E-state index in [0.717, 1.165) is 29.9 Å². The molecule has 44 heavy (non-hydrogen) atoms. The van der Waals surface area contributed by atoms with Gasteiger partial charge >= 0.3 is 0 Å². The number of anilines is 3. The van der Waals surface area contributed by atoms with Crippen LogP contribution >= 0.6 is 0 Å². The minimum absolute atomic E-state index is 0.00125. The van der Waals surface area contributed by atoms with Crippen molar-refractivity contribution in [2.24, 2.45) is 0 Å². The topological polar surface area (TPSA) is 16.1 Å². The van der Waals surface area contributed by atoms with E-state index in [1.165, 1.54) is 44.3 Å². The zero-order valence-corrected chi connectivity index (χ0v) is 27.4. The predicted octanol–water partition coefficient (Wildman–Crippen LogP) is 9.37. The van der Waals surface area contributed by atoms with Gasteiger partial charge in [-0.1, -0.05) is 120 Å². The second-order valence-corrected chi connectivity index (χ2v) is 13.3. The minimum Gasteiger partial charge on any atom is -0.311 e. The summed E-state index contributed by atoms with van der Waals surface area (Å²) in [5, 5.41) is 0. The Bertz CT molecular complexity index is 1690. The van der Waals surface area contributed by atoms with Crippen molar-refractivity contribution in [3.63, 3.8) is 0 Å². The van der Waals surface area contributed by atoms with Gasteiger partial charge in [-0.15, -0.1) is 0 Å². The molecule has 5 aromatic rings. The van der Waals surface area contributed by atoms with Crippen molar-refractivity contribution in [3.8, 4) is 11.3 Å². The van der Waals surface area contributed by atoms with Gasteiger partial charge in [0.2, 0.25) is 6.71 Å². The Balaban J connectivity index is 1.74. The fraction of sp³-hybridized carbons (Fsp3) is 0.293. The quantitative estimate of drug-likeness (QED) is 0.159. The smallest absolute Gasteiger partial charge is 0.245 e. The fourth-order valence-electron chi connectivity index (χ4n) is 7.26. The molecule has 0 fully saturated rings. The monoisotopic (exact) mass is 576 g/mol. The lowest BCUT2D eigenvalue weighted by molar-refractivity contribution is 0.440. The molecule has 3 heteroatoms. The summed E-state index contributed by atoms with van der Waals surface area (Å²) >= 11 is 0. The van der Waals surface area contributed by atoms with E-state index in [-0.39, 0.29) is 12.1 Å². The molecule has 2 nitrogen and oxygen atoms in total. The molecule has 0 bridgehead atoms. The average molecular weight is 577 g/mol. The Labute approximate surface area is 265 Å². The third-order valence-electron chi connectivity index (χ3n) is 10.1. The maximum atomic E-state index is 5.15. The molecule has 0 saturated heterocycles. The van der Waals surface area contributed by atoms with Gasteiger partial charge in [0.15, 0.2) is 0 Å². The normalized spacial score (nSPS) is 12.5. The standard InChI is InChI=1S/C41H45BN2/c1-8-41(7,9-2)35-26-32(44(30-18-12-10-13-19-30)31-20-14-11-15-21-31)27-37-38(35)40-36(24-17-25-43-40)42(37)39-33(28(3)4)22-16-23-34(39)29(5)6/h10-29H,8-9H2,1-7H3. The molecule has 0 aliphatic carbocycles. The van der Waals surface area contributed by atoms with Gasteiger partial charge in [0.05, 0.1) is 5.69 Å². The van der Waals surface area contributed by atoms with Crippen molar-refractivity contribution in [2.45, 2.75) is 78.6 Å². The maximum absolute atomic E-state index is 5.15. The molecule has 1 aromatic heterocycles. The van der Waals surface area contributed by atoms with Gasteiger partial charge in [-0.3, -0.25) is 4.98 Å². The van der Waals surface area contributed by atoms with E-state index in [1.54, 1.807) is 0 Å². The highest BCUT2D eigenvalue weighted by atomic mass is 15.1. The average Bonchev–Trinajstić information content (AvgIpc) is 3.38. The van der Waals surface area contributed by atoms with E-state index in [9.17, 15) is 0 Å². The number of hydrogen-bond acceptors (Lipinski definition) is 2. The van der Waals surface area contributed by atoms with Gasteiger partial charge in [0.25, 0.3) is 0 Å². The van der Waals surface area contributed by atoms with Crippen LogP contribution in [0.3, 0.4) is 0 Å². The first-order valence-electron chi connectivity index (χ1n) is 16.5. The molecule has 6 rings (SSSR count). The van der Waals surface area contributed by atoms with Crippen LogP contribution < -0.4 is 21.3 Å². The largest absolute Gasteiger partial charge is 0.311 e. The lowest BCUT2D eigenvalue weighted by Crippen LogP contribution is -2.52. The Morgan fingerprint density at radius 1 is 0.659 bits per heavy atom. The van der Waals surface area contributed by atoms with Gasteiger partial charge in [0.1, 0.15) is 0 Å². The Kier molecular flexibility index (Phi) is 8.25. The molecule has 2 heterocycles. The summed E-state index contributed by atoms with van der Waals surface area (Å²) in [5.41, 5.74) is 14.5. The zero-order valence-electron chi connectivity index (χ0n) is 27.4. The van der Waals surface area contributed by atoms with Gasteiger partial charge in [-0.25, -0.2) is 0 Å². The number of nitrogens with zero attached hydrogens (tertiary/aromatic N) is 2. The van der Waals surface area contributed by atoms with Crippen LogP contribution in [0.15, 0.2) is 109 Å². The second-order valence-electron chi connectivity index (χ2n) is 13.3. The van der Waals surface area contributed by atoms with Gasteiger partial charge in [-0.05, 0) is 100 Å². The summed E-state index contributed by atoms with van der Waals surface area (Å²) < 4.78 is 0. The minimum atomic E-state index is 0.00125. The predicted molar refractivity (Wildman–Crippen MR) is 192 cm³/mol. The molecule has 0 saturated carbocycles. The highest BCUT2D eigenvalue weighted by Crippen LogP contribution is 2.43. The number of benzene rings is 4. The fourth-order valence-corrected chi connectivity index (χ4v) is 7.26. The van der Waals surface area contributed by atoms with Crippen LogP contribution in [0.2, 0.25) is 0 Å². The Morgan fingerprint density at radius 3 is 1.75 bits per heavy atom. The van der Waals surface area contributed by atoms with Crippen molar-refractivity contribution in [1.29, 1.82) is 0 Å². The molecular weight excluding hydrogens is 531 g/mol. The molecule has 1 aliphatic heterocycles. The molecule has 0 amide bonds. The second kappa shape index (κ2) is 12.1. The van der Waals surface area contributed by atoms with Gasteiger partial charge in [-0.2, -0.15) is 0 Å². The summed E-state index contributed by atoms with van der Waals surface area (Å²) in [6.07, 6.45) is 4.10. The van der Waals surface area contributed by atoms with Crippen molar-refractivity contribution in [1.82, 2.24) is 4.98 Å². The summed E-state index contributed by atoms with van der Waals surface area (Å²) in [5.74, 6) is 0.828. The molecule has 1 aliphatic rings. The van der Waals surface area contributed by atoms with Crippen molar-refractivity contribution < 1.29 is 0 Å². The molecule has 0 atom stereocenters. The van der Waals surface area contributed by atoms with Crippen LogP contribution in [-0.2, 0) is 5.41 Å². The first-order chi connectivity index (χ1) is 21.3. The van der Waals surface area contributed by atoms with E-state index in [2.05, 4.69) is 156 Å². The van der Waals surface area contributed by atoms with Crippen LogP contribution in [0.4, 0.5) is 17.1 Å². The van der Waals surface area contributed by atoms with E-state index >= 15 is 0 Å². The highest BCUT2D eigenvalue weighted by Gasteiger charge is 2.42. The first-order valence-corrected chi connectivity index (χ1v) is 16.5. The molecule has 222 valence electrons. The Morgan fingerprint density at radius 2 is 1.23 bits per heavy atom. The van der Waals surface area contributed by atoms with Gasteiger partial charge in [0, 0.05) is 23.3 Å². The number of rotatable bonds is 9. The number of pyridine rings is 1. The molecular formula is C41H45BN2. The Hall–Kier alpha value is -4.11. The van der Waals surface area contributed by atoms with E-state index < -0.39 is 0 Å². The number of hydrogen-bond donors (Lipinski definition) is 0. The zero-order chi connectivity index (χ0) is 31.0. The third-order valence-corrected chi connectivity index (χ3v) is 10.1. The lowest BCUT2D eigenvalue weighted by Gasteiger charge is -2.33. The van der Waals surface area contributed by atoms with Crippen molar-refractivity contribution in [3.05, 3.63) is 126 Å². The summed E-state index contributed by atoms with van der Waals surface area (Å²) in [6, 6.07) is 38.0. The summed E-state index contributed by atoms with van der Waals surface area (Å²) in [4.78, 5) is 7.58. The molecule has 0 spiro atoms. The lowest BCUT2D eigenvalue weighted by atomic mass is 9.36. The van der Waals surface area contributed by atoms with Crippen LogP contribution in [0.5, 0.6) is 0 Å². The summed E-state index contributed by atoms with van der Waals surface area (Å²) in [6.45, 7) is 16.6. The van der Waals surface area contributed by atoms with E-state index in [1.807, 2.05) is 6.20 Å². The number of aromatic nitrogens is 1. The van der Waals surface area contributed by atoms with Crippen LogP contribution in [0.25, 0.3) is 11.3 Å². The van der Waals surface area contributed by atoms with E-state index in [0.29, 0.717) is 11.8 Å². The van der Waals surface area contributed by atoms with Crippen LogP contribution in [0.1, 0.15) is 89.8 Å². The molecule has 0 N–H and O–H groups in total. The number of para-hydroxylation sites is 2. The van der Waals surface area contributed by atoms with Crippen LogP contribution in [0, 0.1) is 0 Å². The molecule has 0 radical (unpaired) electrons. The number of fused-ring (bicyclic) bond motifs is 3. The van der Waals surface area contributed by atoms with E-state index in [4.69, 9.17) is 4.98 Å². The first kappa shape index (κ1) is 29.9.